The molecule has 1 saturated heterocycles. The van der Waals surface area contributed by atoms with Gasteiger partial charge in [0.2, 0.25) is 5.91 Å². The predicted molar refractivity (Wildman–Crippen MR) is 105 cm³/mol. The van der Waals surface area contributed by atoms with Gasteiger partial charge in [-0.2, -0.15) is 0 Å². The molecule has 1 amide bonds. The molecule has 0 spiro atoms. The molecule has 2 aromatic rings. The molecule has 3 rings (SSSR count). The summed E-state index contributed by atoms with van der Waals surface area (Å²) in [6, 6.07) is 14.8. The van der Waals surface area contributed by atoms with Gasteiger partial charge in [0.05, 0.1) is 19.8 Å². The van der Waals surface area contributed by atoms with Crippen molar-refractivity contribution in [2.45, 2.75) is 19.9 Å². The van der Waals surface area contributed by atoms with E-state index in [0.717, 1.165) is 22.9 Å². The van der Waals surface area contributed by atoms with Gasteiger partial charge in [0.15, 0.2) is 0 Å². The largest absolute Gasteiger partial charge is 0.494 e. The number of carbonyl (C=O) groups is 1. The first-order valence-corrected chi connectivity index (χ1v) is 9.29. The van der Waals surface area contributed by atoms with Crippen molar-refractivity contribution in [1.82, 2.24) is 4.90 Å². The van der Waals surface area contributed by atoms with Crippen LogP contribution in [0.4, 0.5) is 5.69 Å². The molecule has 1 aliphatic rings. The monoisotopic (exact) mass is 370 g/mol. The fourth-order valence-electron chi connectivity index (χ4n) is 2.90. The summed E-state index contributed by atoms with van der Waals surface area (Å²) in [5.41, 5.74) is 0.878. The van der Waals surface area contributed by atoms with Crippen LogP contribution in [0.3, 0.4) is 0 Å². The predicted octanol–water partition coefficient (Wildman–Crippen LogP) is 3.54. The Morgan fingerprint density at radius 1 is 1.04 bits per heavy atom. The molecule has 1 N–H and O–H groups in total. The maximum absolute atomic E-state index is 12.5. The molecular formula is C21H26N2O4. The lowest BCUT2D eigenvalue weighted by atomic mass is 10.2. The highest BCUT2D eigenvalue weighted by Gasteiger charge is 2.22. The highest BCUT2D eigenvalue weighted by Crippen LogP contribution is 2.25. The van der Waals surface area contributed by atoms with Gasteiger partial charge in [-0.25, -0.2) is 0 Å². The van der Waals surface area contributed by atoms with E-state index in [1.54, 1.807) is 0 Å². The number of anilines is 1. The fourth-order valence-corrected chi connectivity index (χ4v) is 2.90. The van der Waals surface area contributed by atoms with Crippen LogP contribution < -0.4 is 14.8 Å². The molecule has 1 aliphatic heterocycles. The van der Waals surface area contributed by atoms with Gasteiger partial charge in [-0.15, -0.1) is 0 Å². The molecule has 0 saturated carbocycles. The van der Waals surface area contributed by atoms with Crippen molar-refractivity contribution in [3.63, 3.8) is 0 Å². The van der Waals surface area contributed by atoms with E-state index in [-0.39, 0.29) is 11.9 Å². The normalized spacial score (nSPS) is 15.1. The molecule has 6 nitrogen and oxygen atoms in total. The molecule has 2 aromatic carbocycles. The van der Waals surface area contributed by atoms with Crippen molar-refractivity contribution >= 4 is 11.6 Å². The average molecular weight is 370 g/mol. The van der Waals surface area contributed by atoms with E-state index in [1.165, 1.54) is 0 Å². The minimum absolute atomic E-state index is 0.0908. The SMILES string of the molecule is CCOc1ccc(Oc2ccc(NC(C)C(=O)N3CCOCC3)cc2)cc1. The van der Waals surface area contributed by atoms with Crippen molar-refractivity contribution in [3.05, 3.63) is 48.5 Å². The second-order valence-electron chi connectivity index (χ2n) is 6.33. The number of carbonyl (C=O) groups excluding carboxylic acids is 1. The summed E-state index contributed by atoms with van der Waals surface area (Å²) in [5.74, 6) is 2.39. The van der Waals surface area contributed by atoms with Crippen LogP contribution in [0.2, 0.25) is 0 Å². The zero-order valence-electron chi connectivity index (χ0n) is 15.8. The Labute approximate surface area is 160 Å². The average Bonchev–Trinajstić information content (AvgIpc) is 2.71. The zero-order chi connectivity index (χ0) is 19.1. The molecule has 0 aliphatic carbocycles. The van der Waals surface area contributed by atoms with Crippen LogP contribution >= 0.6 is 0 Å². The van der Waals surface area contributed by atoms with Crippen molar-refractivity contribution in [2.75, 3.05) is 38.2 Å². The summed E-state index contributed by atoms with van der Waals surface area (Å²) in [7, 11) is 0. The van der Waals surface area contributed by atoms with Crippen molar-refractivity contribution < 1.29 is 19.0 Å². The fraction of sp³-hybridized carbons (Fsp3) is 0.381. The highest BCUT2D eigenvalue weighted by atomic mass is 16.5. The van der Waals surface area contributed by atoms with E-state index >= 15 is 0 Å². The zero-order valence-corrected chi connectivity index (χ0v) is 15.8. The maximum atomic E-state index is 12.5. The van der Waals surface area contributed by atoms with Crippen LogP contribution in [0.1, 0.15) is 13.8 Å². The Kier molecular flexibility index (Phi) is 6.54. The maximum Gasteiger partial charge on any atom is 0.244 e. The summed E-state index contributed by atoms with van der Waals surface area (Å²) in [6.45, 7) is 6.99. The highest BCUT2D eigenvalue weighted by molar-refractivity contribution is 5.84. The number of hydrogen-bond acceptors (Lipinski definition) is 5. The third-order valence-electron chi connectivity index (χ3n) is 4.30. The molecular weight excluding hydrogens is 344 g/mol. The minimum Gasteiger partial charge on any atom is -0.494 e. The Morgan fingerprint density at radius 3 is 2.19 bits per heavy atom. The van der Waals surface area contributed by atoms with Crippen molar-refractivity contribution in [3.8, 4) is 17.2 Å². The molecule has 0 bridgehead atoms. The van der Waals surface area contributed by atoms with E-state index in [0.29, 0.717) is 32.9 Å². The van der Waals surface area contributed by atoms with E-state index < -0.39 is 0 Å². The van der Waals surface area contributed by atoms with Crippen LogP contribution in [0.5, 0.6) is 17.2 Å². The van der Waals surface area contributed by atoms with Crippen LogP contribution in [0, 0.1) is 0 Å². The molecule has 1 fully saturated rings. The lowest BCUT2D eigenvalue weighted by Gasteiger charge is -2.29. The van der Waals surface area contributed by atoms with E-state index in [2.05, 4.69) is 5.32 Å². The summed E-state index contributed by atoms with van der Waals surface area (Å²) in [6.07, 6.45) is 0. The minimum atomic E-state index is -0.291. The second kappa shape index (κ2) is 9.28. The van der Waals surface area contributed by atoms with Crippen LogP contribution in [0.15, 0.2) is 48.5 Å². The number of hydrogen-bond donors (Lipinski definition) is 1. The van der Waals surface area contributed by atoms with Gasteiger partial charge in [-0.3, -0.25) is 4.79 Å². The molecule has 1 heterocycles. The lowest BCUT2D eigenvalue weighted by molar-refractivity contribution is -0.135. The summed E-state index contributed by atoms with van der Waals surface area (Å²) >= 11 is 0. The third-order valence-corrected chi connectivity index (χ3v) is 4.30. The van der Waals surface area contributed by atoms with Crippen LogP contribution in [-0.2, 0) is 9.53 Å². The smallest absolute Gasteiger partial charge is 0.244 e. The Balaban J connectivity index is 1.54. The third kappa shape index (κ3) is 5.37. The van der Waals surface area contributed by atoms with Gasteiger partial charge in [0.25, 0.3) is 0 Å². The number of rotatable bonds is 7. The van der Waals surface area contributed by atoms with Gasteiger partial charge in [0.1, 0.15) is 23.3 Å². The molecule has 1 unspecified atom stereocenters. The van der Waals surface area contributed by atoms with Gasteiger partial charge in [0, 0.05) is 18.8 Å². The number of amides is 1. The molecule has 144 valence electrons. The van der Waals surface area contributed by atoms with Crippen LogP contribution in [0.25, 0.3) is 0 Å². The van der Waals surface area contributed by atoms with Crippen molar-refractivity contribution in [1.29, 1.82) is 0 Å². The molecule has 0 aromatic heterocycles. The van der Waals surface area contributed by atoms with Gasteiger partial charge in [-0.1, -0.05) is 0 Å². The number of nitrogens with zero attached hydrogens (tertiary/aromatic N) is 1. The summed E-state index contributed by atoms with van der Waals surface area (Å²) in [4.78, 5) is 14.3. The Morgan fingerprint density at radius 2 is 1.59 bits per heavy atom. The molecule has 0 radical (unpaired) electrons. The first-order valence-electron chi connectivity index (χ1n) is 9.29. The quantitative estimate of drug-likeness (QED) is 0.808. The summed E-state index contributed by atoms with van der Waals surface area (Å²) in [5, 5.41) is 3.25. The number of nitrogens with one attached hydrogen (secondary N) is 1. The van der Waals surface area contributed by atoms with E-state index in [9.17, 15) is 4.79 Å². The van der Waals surface area contributed by atoms with Gasteiger partial charge in [-0.05, 0) is 62.4 Å². The first-order chi connectivity index (χ1) is 13.2. The van der Waals surface area contributed by atoms with Gasteiger partial charge >= 0.3 is 0 Å². The van der Waals surface area contributed by atoms with E-state index in [1.807, 2.05) is 67.3 Å². The number of ether oxygens (including phenoxy) is 3. The summed E-state index contributed by atoms with van der Waals surface area (Å²) < 4.78 is 16.6. The topological polar surface area (TPSA) is 60.0 Å². The van der Waals surface area contributed by atoms with E-state index in [4.69, 9.17) is 14.2 Å². The van der Waals surface area contributed by atoms with Crippen LogP contribution in [-0.4, -0.2) is 49.8 Å². The molecule has 6 heteroatoms. The lowest BCUT2D eigenvalue weighted by Crippen LogP contribution is -2.46. The molecule has 27 heavy (non-hydrogen) atoms. The standard InChI is InChI=1S/C21H26N2O4/c1-3-26-18-8-10-20(11-9-18)27-19-6-4-17(5-7-19)22-16(2)21(24)23-12-14-25-15-13-23/h4-11,16,22H,3,12-15H2,1-2H3. The molecule has 1 atom stereocenters. The Bertz CT molecular complexity index is 725. The first kappa shape index (κ1) is 19.0. The van der Waals surface area contributed by atoms with Crippen molar-refractivity contribution in [2.24, 2.45) is 0 Å². The van der Waals surface area contributed by atoms with Gasteiger partial charge < -0.3 is 24.4 Å². The second-order valence-corrected chi connectivity index (χ2v) is 6.33. The Hall–Kier alpha value is -2.73. The number of morpholine rings is 1. The number of benzene rings is 2.